The van der Waals surface area contributed by atoms with Gasteiger partial charge in [-0.05, 0) is 135 Å². The molecule has 69 heavy (non-hydrogen) atoms. The van der Waals surface area contributed by atoms with Crippen LogP contribution in [-0.4, -0.2) is 37.2 Å². The summed E-state index contributed by atoms with van der Waals surface area (Å²) >= 11 is 0. The maximum atomic E-state index is 12.8. The molecule has 0 fully saturated rings. The van der Waals surface area contributed by atoms with Gasteiger partial charge >= 0.3 is 17.9 Å². The Morgan fingerprint density at radius 1 is 0.304 bits per heavy atom. The lowest BCUT2D eigenvalue weighted by Crippen LogP contribution is -2.30. The van der Waals surface area contributed by atoms with Gasteiger partial charge in [0.25, 0.3) is 0 Å². The second-order valence-electron chi connectivity index (χ2n) is 17.7. The smallest absolute Gasteiger partial charge is 0.306 e. The van der Waals surface area contributed by atoms with Crippen molar-refractivity contribution in [3.8, 4) is 0 Å². The lowest BCUT2D eigenvalue weighted by Gasteiger charge is -2.18. The molecule has 0 amide bonds. The van der Waals surface area contributed by atoms with E-state index >= 15 is 0 Å². The van der Waals surface area contributed by atoms with Crippen LogP contribution < -0.4 is 0 Å². The van der Waals surface area contributed by atoms with E-state index in [0.29, 0.717) is 12.8 Å². The van der Waals surface area contributed by atoms with Gasteiger partial charge in [0, 0.05) is 19.3 Å². The molecule has 388 valence electrons. The van der Waals surface area contributed by atoms with Crippen LogP contribution in [0.4, 0.5) is 0 Å². The first-order valence-electron chi connectivity index (χ1n) is 27.7. The normalized spacial score (nSPS) is 13.1. The van der Waals surface area contributed by atoms with E-state index in [4.69, 9.17) is 14.2 Å². The molecule has 0 bridgehead atoms. The van der Waals surface area contributed by atoms with Gasteiger partial charge in [-0.2, -0.15) is 0 Å². The second kappa shape index (κ2) is 56.1. The Labute approximate surface area is 424 Å². The van der Waals surface area contributed by atoms with Crippen LogP contribution in [0.2, 0.25) is 0 Å². The highest BCUT2D eigenvalue weighted by atomic mass is 16.6. The predicted octanol–water partition coefficient (Wildman–Crippen LogP) is 18.6. The summed E-state index contributed by atoms with van der Waals surface area (Å²) in [5.74, 6) is -1.03. The van der Waals surface area contributed by atoms with Crippen molar-refractivity contribution in [2.45, 2.75) is 232 Å². The molecule has 0 saturated heterocycles. The molecule has 0 aliphatic heterocycles. The molecule has 0 saturated carbocycles. The van der Waals surface area contributed by atoms with Crippen LogP contribution in [0, 0.1) is 0 Å². The Kier molecular flexibility index (Phi) is 52.5. The minimum absolute atomic E-state index is 0.121. The van der Waals surface area contributed by atoms with Crippen molar-refractivity contribution in [3.63, 3.8) is 0 Å². The highest BCUT2D eigenvalue weighted by Crippen LogP contribution is 2.12. The molecule has 0 aliphatic rings. The number of carbonyl (C=O) groups excluding carboxylic acids is 3. The van der Waals surface area contributed by atoms with Gasteiger partial charge in [0.2, 0.25) is 0 Å². The molecule has 0 N–H and O–H groups in total. The van der Waals surface area contributed by atoms with Crippen molar-refractivity contribution in [1.29, 1.82) is 0 Å². The van der Waals surface area contributed by atoms with Gasteiger partial charge in [-0.1, -0.05) is 206 Å². The van der Waals surface area contributed by atoms with Crippen molar-refractivity contribution < 1.29 is 28.6 Å². The Bertz CT molecular complexity index is 1510. The van der Waals surface area contributed by atoms with Crippen LogP contribution in [0.3, 0.4) is 0 Å². The quantitative estimate of drug-likeness (QED) is 0.0262. The van der Waals surface area contributed by atoms with Crippen LogP contribution in [0.5, 0.6) is 0 Å². The third-order valence-corrected chi connectivity index (χ3v) is 11.1. The van der Waals surface area contributed by atoms with Gasteiger partial charge in [-0.3, -0.25) is 14.4 Å². The molecule has 0 aromatic carbocycles. The monoisotopic (exact) mass is 953 g/mol. The SMILES string of the molecule is CC/C=C\C/C=C\C/C=C\C/C=C\C/C=C\CCCC(=O)OC[C@H](COC(=O)CCCCCC/C=C\C/C=C\C/C=C\CCCCC)OC(=O)CCCCCC/C=C\C/C=C\C/C=C\CCCCC. The van der Waals surface area contributed by atoms with Gasteiger partial charge in [0.05, 0.1) is 0 Å². The Hall–Kier alpha value is -4.45. The maximum absolute atomic E-state index is 12.8. The largest absolute Gasteiger partial charge is 0.462 e. The van der Waals surface area contributed by atoms with E-state index in [1.807, 2.05) is 0 Å². The van der Waals surface area contributed by atoms with Crippen molar-refractivity contribution in [2.24, 2.45) is 0 Å². The molecule has 0 aromatic rings. The number of rotatable bonds is 48. The van der Waals surface area contributed by atoms with Gasteiger partial charge < -0.3 is 14.2 Å². The molecule has 0 aromatic heterocycles. The number of carbonyl (C=O) groups is 3. The molecule has 0 rings (SSSR count). The van der Waals surface area contributed by atoms with E-state index in [1.54, 1.807) is 0 Å². The van der Waals surface area contributed by atoms with E-state index < -0.39 is 6.10 Å². The van der Waals surface area contributed by atoms with Gasteiger partial charge in [-0.25, -0.2) is 0 Å². The molecule has 6 heteroatoms. The van der Waals surface area contributed by atoms with Crippen LogP contribution in [0.25, 0.3) is 0 Å². The summed E-state index contributed by atoms with van der Waals surface area (Å²) in [5, 5.41) is 0. The van der Waals surface area contributed by atoms with E-state index in [1.165, 1.54) is 51.4 Å². The second-order valence-corrected chi connectivity index (χ2v) is 17.7. The van der Waals surface area contributed by atoms with E-state index in [-0.39, 0.29) is 44.0 Å². The highest BCUT2D eigenvalue weighted by molar-refractivity contribution is 5.71. The molecule has 0 unspecified atom stereocenters. The minimum atomic E-state index is -0.828. The first-order valence-corrected chi connectivity index (χ1v) is 27.7. The number of ether oxygens (including phenoxy) is 3. The first kappa shape index (κ1) is 64.5. The van der Waals surface area contributed by atoms with Crippen LogP contribution in [0.1, 0.15) is 226 Å². The van der Waals surface area contributed by atoms with Crippen molar-refractivity contribution >= 4 is 17.9 Å². The predicted molar refractivity (Wildman–Crippen MR) is 297 cm³/mol. The molecule has 0 spiro atoms. The standard InChI is InChI=1S/C63H100O6/c1-4-7-10-13-16-19-22-25-28-31-34-37-40-43-46-49-52-55-61(64)67-58-60(69-63(66)57-54-51-48-45-42-39-36-33-30-27-24-21-18-15-12-9-6-3)59-68-62(65)56-53-50-47-44-41-38-35-32-29-26-23-20-17-14-11-8-5-2/h7,10,16-21,25-30,34-39,43,46,60H,4-6,8-9,11-15,22-24,31-33,40-42,44-45,47-59H2,1-3H3/b10-7-,19-16-,20-17-,21-18-,28-25-,29-26-,30-27-,37-34-,38-35-,39-36-,46-43-/t60-/m1/s1. The third kappa shape index (κ3) is 54.4. The number of hydrogen-bond donors (Lipinski definition) is 0. The Balaban J connectivity index is 4.59. The van der Waals surface area contributed by atoms with Crippen molar-refractivity contribution in [2.75, 3.05) is 13.2 Å². The summed E-state index contributed by atoms with van der Waals surface area (Å²) in [6.07, 6.45) is 78.6. The molecule has 0 radical (unpaired) electrons. The van der Waals surface area contributed by atoms with E-state index in [2.05, 4.69) is 154 Å². The summed E-state index contributed by atoms with van der Waals surface area (Å²) in [4.78, 5) is 38.1. The van der Waals surface area contributed by atoms with E-state index in [9.17, 15) is 14.4 Å². The zero-order valence-corrected chi connectivity index (χ0v) is 44.3. The molecule has 0 aliphatic carbocycles. The lowest BCUT2D eigenvalue weighted by atomic mass is 10.1. The maximum Gasteiger partial charge on any atom is 0.306 e. The number of unbranched alkanes of at least 4 members (excludes halogenated alkanes) is 15. The molecular formula is C63H100O6. The average Bonchev–Trinajstić information content (AvgIpc) is 3.35. The van der Waals surface area contributed by atoms with Crippen LogP contribution >= 0.6 is 0 Å². The Morgan fingerprint density at radius 2 is 0.580 bits per heavy atom. The first-order chi connectivity index (χ1) is 34.0. The number of esters is 3. The highest BCUT2D eigenvalue weighted by Gasteiger charge is 2.19. The lowest BCUT2D eigenvalue weighted by molar-refractivity contribution is -0.167. The van der Waals surface area contributed by atoms with Gasteiger partial charge in [0.1, 0.15) is 13.2 Å². The summed E-state index contributed by atoms with van der Waals surface area (Å²) < 4.78 is 16.8. The third-order valence-electron chi connectivity index (χ3n) is 11.1. The molecule has 0 heterocycles. The molecule has 1 atom stereocenters. The van der Waals surface area contributed by atoms with Crippen molar-refractivity contribution in [1.82, 2.24) is 0 Å². The summed E-state index contributed by atoms with van der Waals surface area (Å²) in [5.41, 5.74) is 0. The fourth-order valence-electron chi connectivity index (χ4n) is 6.96. The average molecular weight is 953 g/mol. The Morgan fingerprint density at radius 3 is 0.928 bits per heavy atom. The van der Waals surface area contributed by atoms with Gasteiger partial charge in [-0.15, -0.1) is 0 Å². The fourth-order valence-corrected chi connectivity index (χ4v) is 6.96. The number of allylic oxidation sites excluding steroid dienone is 22. The molecule has 6 nitrogen and oxygen atoms in total. The van der Waals surface area contributed by atoms with Crippen LogP contribution in [-0.2, 0) is 28.6 Å². The van der Waals surface area contributed by atoms with Crippen LogP contribution in [0.15, 0.2) is 134 Å². The zero-order chi connectivity index (χ0) is 50.0. The molecular weight excluding hydrogens is 853 g/mol. The zero-order valence-electron chi connectivity index (χ0n) is 44.3. The van der Waals surface area contributed by atoms with Gasteiger partial charge in [0.15, 0.2) is 6.10 Å². The summed E-state index contributed by atoms with van der Waals surface area (Å²) in [6.45, 7) is 6.37. The fraction of sp³-hybridized carbons (Fsp3) is 0.603. The number of hydrogen-bond acceptors (Lipinski definition) is 6. The summed E-state index contributed by atoms with van der Waals surface area (Å²) in [6, 6.07) is 0. The van der Waals surface area contributed by atoms with Crippen molar-refractivity contribution in [3.05, 3.63) is 134 Å². The topological polar surface area (TPSA) is 78.9 Å². The summed E-state index contributed by atoms with van der Waals surface area (Å²) in [7, 11) is 0. The minimum Gasteiger partial charge on any atom is -0.462 e. The van der Waals surface area contributed by atoms with E-state index in [0.717, 1.165) is 128 Å².